The molecule has 0 radical (unpaired) electrons. The SMILES string of the molecule is COc1ccc(C(=O)C2CC2C)c(OC)c1Br. The van der Waals surface area contributed by atoms with Gasteiger partial charge in [0, 0.05) is 5.92 Å². The Hall–Kier alpha value is -1.03. The van der Waals surface area contributed by atoms with Crippen LogP contribution in [0.2, 0.25) is 0 Å². The molecular weight excluding hydrogens is 284 g/mol. The lowest BCUT2D eigenvalue weighted by molar-refractivity contribution is 0.0959. The number of hydrogen-bond donors (Lipinski definition) is 0. The molecule has 0 aliphatic heterocycles. The first kappa shape index (κ1) is 12.4. The van der Waals surface area contributed by atoms with Crippen molar-refractivity contribution >= 4 is 21.7 Å². The lowest BCUT2D eigenvalue weighted by Gasteiger charge is -2.12. The first-order chi connectivity index (χ1) is 8.10. The number of carbonyl (C=O) groups is 1. The second kappa shape index (κ2) is 4.69. The van der Waals surface area contributed by atoms with E-state index in [0.717, 1.165) is 6.42 Å². The van der Waals surface area contributed by atoms with E-state index in [-0.39, 0.29) is 11.7 Å². The van der Waals surface area contributed by atoms with Crippen LogP contribution >= 0.6 is 15.9 Å². The maximum absolute atomic E-state index is 12.2. The Bertz CT molecular complexity index is 456. The van der Waals surface area contributed by atoms with Crippen LogP contribution in [-0.4, -0.2) is 20.0 Å². The lowest BCUT2D eigenvalue weighted by atomic mass is 10.0. The van der Waals surface area contributed by atoms with E-state index in [1.807, 2.05) is 0 Å². The van der Waals surface area contributed by atoms with Crippen LogP contribution in [0.4, 0.5) is 0 Å². The van der Waals surface area contributed by atoms with E-state index in [4.69, 9.17) is 9.47 Å². The molecule has 4 heteroatoms. The number of methoxy groups -OCH3 is 2. The molecule has 0 aromatic heterocycles. The Kier molecular flexibility index (Phi) is 3.43. The third-order valence-corrected chi connectivity index (χ3v) is 3.95. The molecule has 0 amide bonds. The zero-order valence-electron chi connectivity index (χ0n) is 10.1. The molecule has 1 aliphatic rings. The third kappa shape index (κ3) is 2.18. The van der Waals surface area contributed by atoms with E-state index >= 15 is 0 Å². The molecule has 2 unspecified atom stereocenters. The molecule has 1 fully saturated rings. The van der Waals surface area contributed by atoms with Crippen LogP contribution in [-0.2, 0) is 0 Å². The Morgan fingerprint density at radius 3 is 2.47 bits per heavy atom. The van der Waals surface area contributed by atoms with Gasteiger partial charge in [-0.05, 0) is 40.4 Å². The van der Waals surface area contributed by atoms with Gasteiger partial charge in [0.2, 0.25) is 0 Å². The Morgan fingerprint density at radius 2 is 2.00 bits per heavy atom. The topological polar surface area (TPSA) is 35.5 Å². The summed E-state index contributed by atoms with van der Waals surface area (Å²) >= 11 is 3.40. The summed E-state index contributed by atoms with van der Waals surface area (Å²) in [4.78, 5) is 12.2. The van der Waals surface area contributed by atoms with Crippen molar-refractivity contribution in [3.63, 3.8) is 0 Å². The first-order valence-corrected chi connectivity index (χ1v) is 6.34. The zero-order valence-corrected chi connectivity index (χ0v) is 11.7. The van der Waals surface area contributed by atoms with Gasteiger partial charge in [-0.2, -0.15) is 0 Å². The molecule has 2 atom stereocenters. The molecule has 1 saturated carbocycles. The maximum Gasteiger partial charge on any atom is 0.169 e. The minimum atomic E-state index is 0.157. The van der Waals surface area contributed by atoms with Crippen LogP contribution in [0.25, 0.3) is 0 Å². The molecule has 2 rings (SSSR count). The number of halogens is 1. The smallest absolute Gasteiger partial charge is 0.169 e. The number of Topliss-reactive ketones (excluding diaryl/α,β-unsaturated/α-hetero) is 1. The van der Waals surface area contributed by atoms with Gasteiger partial charge >= 0.3 is 0 Å². The first-order valence-electron chi connectivity index (χ1n) is 5.54. The summed E-state index contributed by atoms with van der Waals surface area (Å²) in [6.45, 7) is 2.09. The highest BCUT2D eigenvalue weighted by atomic mass is 79.9. The van der Waals surface area contributed by atoms with Crippen molar-refractivity contribution in [1.29, 1.82) is 0 Å². The largest absolute Gasteiger partial charge is 0.495 e. The number of ether oxygens (including phenoxy) is 2. The Labute approximate surface area is 109 Å². The molecule has 0 saturated heterocycles. The highest BCUT2D eigenvalue weighted by Crippen LogP contribution is 2.44. The van der Waals surface area contributed by atoms with Gasteiger partial charge in [-0.15, -0.1) is 0 Å². The number of benzene rings is 1. The molecule has 0 bridgehead atoms. The van der Waals surface area contributed by atoms with Gasteiger partial charge in [-0.25, -0.2) is 0 Å². The minimum absolute atomic E-state index is 0.157. The molecule has 0 N–H and O–H groups in total. The molecule has 0 spiro atoms. The lowest BCUT2D eigenvalue weighted by Crippen LogP contribution is -2.06. The van der Waals surface area contributed by atoms with Crippen LogP contribution in [0.3, 0.4) is 0 Å². The maximum atomic E-state index is 12.2. The van der Waals surface area contributed by atoms with E-state index < -0.39 is 0 Å². The number of rotatable bonds is 4. The summed E-state index contributed by atoms with van der Waals surface area (Å²) in [6, 6.07) is 3.56. The second-order valence-corrected chi connectivity index (χ2v) is 5.14. The highest BCUT2D eigenvalue weighted by molar-refractivity contribution is 9.10. The summed E-state index contributed by atoms with van der Waals surface area (Å²) in [5.74, 6) is 2.05. The van der Waals surface area contributed by atoms with Crippen molar-refractivity contribution in [1.82, 2.24) is 0 Å². The van der Waals surface area contributed by atoms with Crippen molar-refractivity contribution in [3.05, 3.63) is 22.2 Å². The van der Waals surface area contributed by atoms with Crippen LogP contribution in [0.5, 0.6) is 11.5 Å². The fourth-order valence-electron chi connectivity index (χ4n) is 1.98. The van der Waals surface area contributed by atoms with Gasteiger partial charge < -0.3 is 9.47 Å². The predicted molar refractivity (Wildman–Crippen MR) is 68.8 cm³/mol. The molecule has 17 heavy (non-hydrogen) atoms. The Balaban J connectivity index is 2.40. The standard InChI is InChI=1S/C13H15BrO3/c1-7-6-9(7)12(15)8-4-5-10(16-2)11(14)13(8)17-3/h4-5,7,9H,6H2,1-3H3. The van der Waals surface area contributed by atoms with Gasteiger partial charge in [-0.3, -0.25) is 4.79 Å². The van der Waals surface area contributed by atoms with Crippen LogP contribution in [0.15, 0.2) is 16.6 Å². The zero-order chi connectivity index (χ0) is 12.6. The van der Waals surface area contributed by atoms with Crippen molar-refractivity contribution in [3.8, 4) is 11.5 Å². The van der Waals surface area contributed by atoms with Gasteiger partial charge in [0.05, 0.1) is 19.8 Å². The minimum Gasteiger partial charge on any atom is -0.495 e. The summed E-state index contributed by atoms with van der Waals surface area (Å²) in [6.07, 6.45) is 0.978. The van der Waals surface area contributed by atoms with Crippen LogP contribution < -0.4 is 9.47 Å². The third-order valence-electron chi connectivity index (χ3n) is 3.20. The van der Waals surface area contributed by atoms with Crippen molar-refractivity contribution in [2.75, 3.05) is 14.2 Å². The molecule has 3 nitrogen and oxygen atoms in total. The van der Waals surface area contributed by atoms with E-state index in [9.17, 15) is 4.79 Å². The van der Waals surface area contributed by atoms with Gasteiger partial charge in [0.1, 0.15) is 16.0 Å². The fourth-order valence-corrected chi connectivity index (χ4v) is 2.65. The molecule has 1 aromatic rings. The molecule has 0 heterocycles. The predicted octanol–water partition coefficient (Wildman–Crippen LogP) is 3.31. The Morgan fingerprint density at radius 1 is 1.35 bits per heavy atom. The molecule has 92 valence electrons. The second-order valence-electron chi connectivity index (χ2n) is 4.35. The monoisotopic (exact) mass is 298 g/mol. The van der Waals surface area contributed by atoms with Crippen molar-refractivity contribution in [2.24, 2.45) is 11.8 Å². The van der Waals surface area contributed by atoms with E-state index in [0.29, 0.717) is 27.5 Å². The quantitative estimate of drug-likeness (QED) is 0.800. The fraction of sp³-hybridized carbons (Fsp3) is 0.462. The average Bonchev–Trinajstić information content (AvgIpc) is 3.05. The summed E-state index contributed by atoms with van der Waals surface area (Å²) in [7, 11) is 3.15. The van der Waals surface area contributed by atoms with Gasteiger partial charge in [0.25, 0.3) is 0 Å². The van der Waals surface area contributed by atoms with E-state index in [2.05, 4.69) is 22.9 Å². The molecule has 1 aromatic carbocycles. The van der Waals surface area contributed by atoms with E-state index in [1.165, 1.54) is 0 Å². The van der Waals surface area contributed by atoms with Crippen molar-refractivity contribution < 1.29 is 14.3 Å². The normalized spacial score (nSPS) is 22.1. The number of ketones is 1. The van der Waals surface area contributed by atoms with Crippen LogP contribution in [0.1, 0.15) is 23.7 Å². The van der Waals surface area contributed by atoms with Crippen LogP contribution in [0, 0.1) is 11.8 Å². The van der Waals surface area contributed by atoms with Gasteiger partial charge in [0.15, 0.2) is 5.78 Å². The number of carbonyl (C=O) groups excluding carboxylic acids is 1. The molecular formula is C13H15BrO3. The number of hydrogen-bond acceptors (Lipinski definition) is 3. The average molecular weight is 299 g/mol. The summed E-state index contributed by atoms with van der Waals surface area (Å²) < 4.78 is 11.2. The summed E-state index contributed by atoms with van der Waals surface area (Å²) in [5.41, 5.74) is 0.634. The summed E-state index contributed by atoms with van der Waals surface area (Å²) in [5, 5.41) is 0. The van der Waals surface area contributed by atoms with Gasteiger partial charge in [-0.1, -0.05) is 6.92 Å². The highest BCUT2D eigenvalue weighted by Gasteiger charge is 2.40. The van der Waals surface area contributed by atoms with E-state index in [1.54, 1.807) is 26.4 Å². The molecule has 1 aliphatic carbocycles. The van der Waals surface area contributed by atoms with Crippen molar-refractivity contribution in [2.45, 2.75) is 13.3 Å².